The largest absolute Gasteiger partial charge is 0.508 e. The monoisotopic (exact) mass is 359 g/mol. The van der Waals surface area contributed by atoms with Gasteiger partial charge in [0.15, 0.2) is 11.5 Å². The molecule has 0 bridgehead atoms. The van der Waals surface area contributed by atoms with E-state index in [1.165, 1.54) is 26.4 Å². The summed E-state index contributed by atoms with van der Waals surface area (Å²) in [7, 11) is 2.99. The summed E-state index contributed by atoms with van der Waals surface area (Å²) in [5.74, 6) is -0.274. The first-order chi connectivity index (χ1) is 12.4. The smallest absolute Gasteiger partial charge is 0.305 e. The molecule has 0 fully saturated rings. The van der Waals surface area contributed by atoms with Gasteiger partial charge in [0.05, 0.1) is 33.1 Å². The standard InChI is InChI=1S/C19H21NO6/c1-25-16-8-5-13(10-17(16)26-2)15(11-19(23)24)20-18(22)9-12-3-6-14(21)7-4-12/h3-8,10,15,21H,9,11H2,1-2H3,(H,20,22)(H,23,24). The molecule has 26 heavy (non-hydrogen) atoms. The van der Waals surface area contributed by atoms with Crippen LogP contribution in [0.4, 0.5) is 0 Å². The third kappa shape index (κ3) is 5.14. The van der Waals surface area contributed by atoms with Crippen molar-refractivity contribution in [3.8, 4) is 17.2 Å². The Morgan fingerprint density at radius 2 is 1.69 bits per heavy atom. The zero-order valence-corrected chi connectivity index (χ0v) is 14.6. The fourth-order valence-electron chi connectivity index (χ4n) is 2.54. The maximum absolute atomic E-state index is 12.3. The van der Waals surface area contributed by atoms with Gasteiger partial charge in [0.25, 0.3) is 0 Å². The number of carboxylic acids is 1. The Morgan fingerprint density at radius 1 is 1.04 bits per heavy atom. The highest BCUT2D eigenvalue weighted by Crippen LogP contribution is 2.31. The zero-order valence-electron chi connectivity index (χ0n) is 14.6. The Balaban J connectivity index is 2.17. The molecule has 0 aliphatic rings. The molecule has 1 amide bonds. The molecule has 0 heterocycles. The number of amides is 1. The van der Waals surface area contributed by atoms with Crippen molar-refractivity contribution in [2.24, 2.45) is 0 Å². The fraction of sp³-hybridized carbons (Fsp3) is 0.263. The summed E-state index contributed by atoms with van der Waals surface area (Å²) in [6.07, 6.45) is -0.194. The Kier molecular flexibility index (Phi) is 6.43. The van der Waals surface area contributed by atoms with Crippen LogP contribution >= 0.6 is 0 Å². The molecule has 2 aromatic rings. The molecule has 1 unspecified atom stereocenters. The summed E-state index contributed by atoms with van der Waals surface area (Å²) in [6.45, 7) is 0. The number of ether oxygens (including phenoxy) is 2. The van der Waals surface area contributed by atoms with E-state index in [9.17, 15) is 19.8 Å². The van der Waals surface area contributed by atoms with Crippen LogP contribution in [-0.4, -0.2) is 36.3 Å². The predicted octanol–water partition coefficient (Wildman–Crippen LogP) is 2.28. The van der Waals surface area contributed by atoms with Crippen molar-refractivity contribution in [2.45, 2.75) is 18.9 Å². The summed E-state index contributed by atoms with van der Waals surface area (Å²) in [4.78, 5) is 23.5. The summed E-state index contributed by atoms with van der Waals surface area (Å²) in [6, 6.07) is 10.5. The maximum Gasteiger partial charge on any atom is 0.305 e. The Hall–Kier alpha value is -3.22. The van der Waals surface area contributed by atoms with Crippen LogP contribution in [0.1, 0.15) is 23.6 Å². The molecule has 7 nitrogen and oxygen atoms in total. The van der Waals surface area contributed by atoms with E-state index >= 15 is 0 Å². The number of phenols is 1. The van der Waals surface area contributed by atoms with E-state index in [-0.39, 0.29) is 24.5 Å². The SMILES string of the molecule is COc1ccc(C(CC(=O)O)NC(=O)Cc2ccc(O)cc2)cc1OC. The van der Waals surface area contributed by atoms with Crippen LogP contribution in [0.2, 0.25) is 0 Å². The van der Waals surface area contributed by atoms with Gasteiger partial charge in [-0.05, 0) is 35.4 Å². The van der Waals surface area contributed by atoms with Crippen molar-refractivity contribution in [1.82, 2.24) is 5.32 Å². The number of hydrogen-bond donors (Lipinski definition) is 3. The van der Waals surface area contributed by atoms with E-state index < -0.39 is 12.0 Å². The second-order valence-corrected chi connectivity index (χ2v) is 5.68. The molecule has 0 radical (unpaired) electrons. The highest BCUT2D eigenvalue weighted by atomic mass is 16.5. The molecule has 0 saturated carbocycles. The summed E-state index contributed by atoms with van der Waals surface area (Å²) in [5, 5.41) is 21.2. The minimum Gasteiger partial charge on any atom is -0.508 e. The van der Waals surface area contributed by atoms with Crippen LogP contribution in [0.5, 0.6) is 17.2 Å². The highest BCUT2D eigenvalue weighted by molar-refractivity contribution is 5.80. The quantitative estimate of drug-likeness (QED) is 0.668. The lowest BCUT2D eigenvalue weighted by molar-refractivity contribution is -0.137. The maximum atomic E-state index is 12.3. The summed E-state index contributed by atoms with van der Waals surface area (Å²) >= 11 is 0. The summed E-state index contributed by atoms with van der Waals surface area (Å²) in [5.41, 5.74) is 1.31. The van der Waals surface area contributed by atoms with Gasteiger partial charge in [-0.15, -0.1) is 0 Å². The normalized spacial score (nSPS) is 11.5. The van der Waals surface area contributed by atoms with Crippen molar-refractivity contribution in [1.29, 1.82) is 0 Å². The first-order valence-electron chi connectivity index (χ1n) is 7.94. The number of hydrogen-bond acceptors (Lipinski definition) is 5. The van der Waals surface area contributed by atoms with Crippen molar-refractivity contribution >= 4 is 11.9 Å². The minimum absolute atomic E-state index is 0.0731. The molecule has 3 N–H and O–H groups in total. The summed E-state index contributed by atoms with van der Waals surface area (Å²) < 4.78 is 10.4. The number of methoxy groups -OCH3 is 2. The van der Waals surface area contributed by atoms with Crippen molar-refractivity contribution in [2.75, 3.05) is 14.2 Å². The molecule has 0 aliphatic carbocycles. The van der Waals surface area contributed by atoms with E-state index in [2.05, 4.69) is 5.32 Å². The van der Waals surface area contributed by atoms with E-state index in [0.29, 0.717) is 22.6 Å². The number of carbonyl (C=O) groups is 2. The number of aromatic hydroxyl groups is 1. The number of rotatable bonds is 8. The molecule has 1 atom stereocenters. The average molecular weight is 359 g/mol. The first kappa shape index (κ1) is 19.1. The van der Waals surface area contributed by atoms with Crippen molar-refractivity contribution < 1.29 is 29.3 Å². The molecular weight excluding hydrogens is 338 g/mol. The van der Waals surface area contributed by atoms with Gasteiger partial charge in [0, 0.05) is 0 Å². The van der Waals surface area contributed by atoms with E-state index in [1.54, 1.807) is 30.3 Å². The van der Waals surface area contributed by atoms with Gasteiger partial charge in [-0.3, -0.25) is 9.59 Å². The molecule has 0 aliphatic heterocycles. The Morgan fingerprint density at radius 3 is 2.27 bits per heavy atom. The molecule has 7 heteroatoms. The van der Waals surface area contributed by atoms with Crippen LogP contribution in [0.15, 0.2) is 42.5 Å². The van der Waals surface area contributed by atoms with Crippen molar-refractivity contribution in [3.05, 3.63) is 53.6 Å². The number of carbonyl (C=O) groups excluding carboxylic acids is 1. The number of nitrogens with one attached hydrogen (secondary N) is 1. The Labute approximate surface area is 151 Å². The van der Waals surface area contributed by atoms with E-state index in [1.807, 2.05) is 0 Å². The van der Waals surface area contributed by atoms with Crippen LogP contribution < -0.4 is 14.8 Å². The zero-order chi connectivity index (χ0) is 19.1. The van der Waals surface area contributed by atoms with Gasteiger partial charge >= 0.3 is 5.97 Å². The van der Waals surface area contributed by atoms with Crippen LogP contribution in [-0.2, 0) is 16.0 Å². The number of carboxylic acid groups (broad SMARTS) is 1. The molecular formula is C19H21NO6. The van der Waals surface area contributed by atoms with E-state index in [0.717, 1.165) is 0 Å². The lowest BCUT2D eigenvalue weighted by atomic mass is 10.0. The second kappa shape index (κ2) is 8.75. The predicted molar refractivity (Wildman–Crippen MR) is 94.5 cm³/mol. The molecule has 2 aromatic carbocycles. The van der Waals surface area contributed by atoms with Gasteiger partial charge in [-0.25, -0.2) is 0 Å². The molecule has 0 aromatic heterocycles. The number of benzene rings is 2. The van der Waals surface area contributed by atoms with Gasteiger partial charge in [0.2, 0.25) is 5.91 Å². The van der Waals surface area contributed by atoms with Crippen molar-refractivity contribution in [3.63, 3.8) is 0 Å². The van der Waals surface area contributed by atoms with Gasteiger partial charge in [-0.1, -0.05) is 18.2 Å². The minimum atomic E-state index is -1.03. The Bertz CT molecular complexity index is 772. The topological polar surface area (TPSA) is 105 Å². The lowest BCUT2D eigenvalue weighted by Crippen LogP contribution is -2.31. The third-order valence-corrected chi connectivity index (χ3v) is 3.82. The molecule has 2 rings (SSSR count). The lowest BCUT2D eigenvalue weighted by Gasteiger charge is -2.19. The average Bonchev–Trinajstić information content (AvgIpc) is 2.62. The van der Waals surface area contributed by atoms with Gasteiger partial charge < -0.3 is 25.0 Å². The van der Waals surface area contributed by atoms with Crippen LogP contribution in [0.3, 0.4) is 0 Å². The molecule has 0 saturated heterocycles. The number of aliphatic carboxylic acids is 1. The van der Waals surface area contributed by atoms with Gasteiger partial charge in [0.1, 0.15) is 5.75 Å². The third-order valence-electron chi connectivity index (χ3n) is 3.82. The van der Waals surface area contributed by atoms with Gasteiger partial charge in [-0.2, -0.15) is 0 Å². The second-order valence-electron chi connectivity index (χ2n) is 5.68. The van der Waals surface area contributed by atoms with Crippen LogP contribution in [0.25, 0.3) is 0 Å². The van der Waals surface area contributed by atoms with E-state index in [4.69, 9.17) is 9.47 Å². The highest BCUT2D eigenvalue weighted by Gasteiger charge is 2.20. The fourth-order valence-corrected chi connectivity index (χ4v) is 2.54. The first-order valence-corrected chi connectivity index (χ1v) is 7.94. The molecule has 0 spiro atoms. The van der Waals surface area contributed by atoms with Crippen LogP contribution in [0, 0.1) is 0 Å². The number of phenolic OH excluding ortho intramolecular Hbond substituents is 1. The molecule has 138 valence electrons.